The first kappa shape index (κ1) is 13.9. The summed E-state index contributed by atoms with van der Waals surface area (Å²) in [7, 11) is 0. The summed E-state index contributed by atoms with van der Waals surface area (Å²) in [6.45, 7) is -0.207. The molecule has 1 aliphatic heterocycles. The Labute approximate surface area is 124 Å². The van der Waals surface area contributed by atoms with Crippen LogP contribution in [-0.4, -0.2) is 18.6 Å². The highest BCUT2D eigenvalue weighted by Crippen LogP contribution is 2.36. The summed E-state index contributed by atoms with van der Waals surface area (Å²) < 4.78 is 23.8. The van der Waals surface area contributed by atoms with E-state index in [1.165, 1.54) is 0 Å². The summed E-state index contributed by atoms with van der Waals surface area (Å²) >= 11 is 0. The van der Waals surface area contributed by atoms with Crippen LogP contribution in [0, 0.1) is 5.82 Å². The Kier molecular flexibility index (Phi) is 3.61. The SMILES string of the molecule is O=C1COc2c(cc(F)cc2NC(=O)Oc2ccccc2)N1. The molecule has 2 N–H and O–H groups in total. The second-order valence-corrected chi connectivity index (χ2v) is 4.49. The van der Waals surface area contributed by atoms with Crippen LogP contribution in [0.2, 0.25) is 0 Å². The number of anilines is 2. The molecule has 2 amide bonds. The van der Waals surface area contributed by atoms with Crippen molar-refractivity contribution in [2.75, 3.05) is 17.2 Å². The normalized spacial score (nSPS) is 12.7. The van der Waals surface area contributed by atoms with Crippen molar-refractivity contribution in [2.24, 2.45) is 0 Å². The Morgan fingerprint density at radius 1 is 1.27 bits per heavy atom. The van der Waals surface area contributed by atoms with Crippen molar-refractivity contribution in [1.82, 2.24) is 0 Å². The van der Waals surface area contributed by atoms with Gasteiger partial charge in [0.25, 0.3) is 5.91 Å². The number of halogens is 1. The van der Waals surface area contributed by atoms with E-state index in [0.29, 0.717) is 5.75 Å². The number of nitrogens with one attached hydrogen (secondary N) is 2. The van der Waals surface area contributed by atoms with Crippen LogP contribution in [0.1, 0.15) is 0 Å². The smallest absolute Gasteiger partial charge is 0.417 e. The Morgan fingerprint density at radius 2 is 2.05 bits per heavy atom. The lowest BCUT2D eigenvalue weighted by atomic mass is 10.2. The molecule has 2 aromatic rings. The number of ether oxygens (including phenoxy) is 2. The summed E-state index contributed by atoms with van der Waals surface area (Å²) in [6.07, 6.45) is -0.792. The largest absolute Gasteiger partial charge is 0.479 e. The van der Waals surface area contributed by atoms with Crippen LogP contribution in [0.15, 0.2) is 42.5 Å². The fourth-order valence-corrected chi connectivity index (χ4v) is 1.99. The number of hydrogen-bond acceptors (Lipinski definition) is 4. The zero-order valence-corrected chi connectivity index (χ0v) is 11.3. The number of carbonyl (C=O) groups is 2. The summed E-state index contributed by atoms with van der Waals surface area (Å²) in [5.74, 6) is -0.485. The fourth-order valence-electron chi connectivity index (χ4n) is 1.99. The monoisotopic (exact) mass is 302 g/mol. The number of hydrogen-bond donors (Lipinski definition) is 2. The van der Waals surface area contributed by atoms with Gasteiger partial charge in [0.05, 0.1) is 11.4 Å². The first-order chi connectivity index (χ1) is 10.6. The molecule has 1 aliphatic rings. The van der Waals surface area contributed by atoms with E-state index >= 15 is 0 Å². The van der Waals surface area contributed by atoms with Crippen molar-refractivity contribution in [3.05, 3.63) is 48.3 Å². The zero-order chi connectivity index (χ0) is 15.5. The van der Waals surface area contributed by atoms with E-state index in [-0.39, 0.29) is 23.7 Å². The first-order valence-electron chi connectivity index (χ1n) is 6.42. The molecule has 112 valence electrons. The Balaban J connectivity index is 1.80. The fraction of sp³-hybridized carbons (Fsp3) is 0.0667. The van der Waals surface area contributed by atoms with Gasteiger partial charge in [-0.1, -0.05) is 18.2 Å². The van der Waals surface area contributed by atoms with Crippen LogP contribution < -0.4 is 20.1 Å². The van der Waals surface area contributed by atoms with Gasteiger partial charge in [0.2, 0.25) is 0 Å². The number of rotatable bonds is 2. The van der Waals surface area contributed by atoms with Crippen LogP contribution in [-0.2, 0) is 4.79 Å². The van der Waals surface area contributed by atoms with Crippen molar-refractivity contribution in [3.63, 3.8) is 0 Å². The molecule has 2 aromatic carbocycles. The van der Waals surface area contributed by atoms with E-state index in [9.17, 15) is 14.0 Å². The van der Waals surface area contributed by atoms with Gasteiger partial charge in [-0.05, 0) is 12.1 Å². The van der Waals surface area contributed by atoms with Crippen LogP contribution in [0.25, 0.3) is 0 Å². The van der Waals surface area contributed by atoms with Crippen molar-refractivity contribution in [3.8, 4) is 11.5 Å². The van der Waals surface area contributed by atoms with Crippen molar-refractivity contribution < 1.29 is 23.5 Å². The van der Waals surface area contributed by atoms with E-state index in [1.807, 2.05) is 0 Å². The molecule has 6 nitrogen and oxygen atoms in total. The van der Waals surface area contributed by atoms with Gasteiger partial charge in [0.1, 0.15) is 11.6 Å². The van der Waals surface area contributed by atoms with Crippen LogP contribution in [0.4, 0.5) is 20.6 Å². The first-order valence-corrected chi connectivity index (χ1v) is 6.42. The van der Waals surface area contributed by atoms with Gasteiger partial charge in [0, 0.05) is 12.1 Å². The predicted molar refractivity (Wildman–Crippen MR) is 76.6 cm³/mol. The molecule has 0 bridgehead atoms. The highest BCUT2D eigenvalue weighted by Gasteiger charge is 2.22. The second-order valence-electron chi connectivity index (χ2n) is 4.49. The number of fused-ring (bicyclic) bond motifs is 1. The highest BCUT2D eigenvalue weighted by atomic mass is 19.1. The lowest BCUT2D eigenvalue weighted by Crippen LogP contribution is -2.27. The Morgan fingerprint density at radius 3 is 2.82 bits per heavy atom. The highest BCUT2D eigenvalue weighted by molar-refractivity contribution is 5.99. The van der Waals surface area contributed by atoms with Crippen LogP contribution in [0.3, 0.4) is 0 Å². The van der Waals surface area contributed by atoms with Crippen molar-refractivity contribution >= 4 is 23.4 Å². The van der Waals surface area contributed by atoms with E-state index in [0.717, 1.165) is 12.1 Å². The summed E-state index contributed by atoms with van der Waals surface area (Å²) in [5.41, 5.74) is 0.238. The summed E-state index contributed by atoms with van der Waals surface area (Å²) in [5, 5.41) is 4.86. The molecule has 0 radical (unpaired) electrons. The molecule has 0 aliphatic carbocycles. The molecule has 22 heavy (non-hydrogen) atoms. The van der Waals surface area contributed by atoms with E-state index in [4.69, 9.17) is 9.47 Å². The minimum Gasteiger partial charge on any atom is -0.479 e. The number of amides is 2. The molecule has 0 unspecified atom stereocenters. The third-order valence-electron chi connectivity index (χ3n) is 2.87. The molecule has 1 heterocycles. The molecular weight excluding hydrogens is 291 g/mol. The molecule has 0 spiro atoms. The maximum absolute atomic E-state index is 13.6. The number of carbonyl (C=O) groups excluding carboxylic acids is 2. The lowest BCUT2D eigenvalue weighted by Gasteiger charge is -2.20. The van der Waals surface area contributed by atoms with E-state index < -0.39 is 17.8 Å². The number of para-hydroxylation sites is 1. The maximum Gasteiger partial charge on any atom is 0.417 e. The van der Waals surface area contributed by atoms with Gasteiger partial charge < -0.3 is 14.8 Å². The van der Waals surface area contributed by atoms with Crippen molar-refractivity contribution in [1.29, 1.82) is 0 Å². The predicted octanol–water partition coefficient (Wildman–Crippen LogP) is 2.77. The molecule has 0 atom stereocenters. The summed E-state index contributed by atoms with van der Waals surface area (Å²) in [4.78, 5) is 23.1. The minimum atomic E-state index is -0.792. The Hall–Kier alpha value is -3.09. The second kappa shape index (κ2) is 5.72. The molecule has 0 saturated carbocycles. The van der Waals surface area contributed by atoms with Gasteiger partial charge in [0.15, 0.2) is 12.4 Å². The van der Waals surface area contributed by atoms with Gasteiger partial charge in [-0.3, -0.25) is 10.1 Å². The standard InChI is InChI=1S/C15H11FN2O4/c16-9-6-11-14(21-8-13(19)17-11)12(7-9)18-15(20)22-10-4-2-1-3-5-10/h1-7H,8H2,(H,17,19)(H,18,20). The average Bonchev–Trinajstić information content (AvgIpc) is 2.47. The third kappa shape index (κ3) is 2.98. The lowest BCUT2D eigenvalue weighted by molar-refractivity contribution is -0.118. The van der Waals surface area contributed by atoms with Gasteiger partial charge >= 0.3 is 6.09 Å². The zero-order valence-electron chi connectivity index (χ0n) is 11.3. The molecule has 0 aromatic heterocycles. The van der Waals surface area contributed by atoms with Crippen LogP contribution in [0.5, 0.6) is 11.5 Å². The molecule has 0 fully saturated rings. The minimum absolute atomic E-state index is 0.0796. The molecular formula is C15H11FN2O4. The molecule has 0 saturated heterocycles. The molecule has 3 rings (SSSR count). The van der Waals surface area contributed by atoms with Gasteiger partial charge in [-0.25, -0.2) is 9.18 Å². The van der Waals surface area contributed by atoms with Crippen LogP contribution >= 0.6 is 0 Å². The number of benzene rings is 2. The Bertz CT molecular complexity index is 734. The van der Waals surface area contributed by atoms with E-state index in [2.05, 4.69) is 10.6 Å². The maximum atomic E-state index is 13.6. The van der Waals surface area contributed by atoms with Gasteiger partial charge in [-0.2, -0.15) is 0 Å². The average molecular weight is 302 g/mol. The van der Waals surface area contributed by atoms with Crippen molar-refractivity contribution in [2.45, 2.75) is 0 Å². The van der Waals surface area contributed by atoms with E-state index in [1.54, 1.807) is 30.3 Å². The third-order valence-corrected chi connectivity index (χ3v) is 2.87. The topological polar surface area (TPSA) is 76.7 Å². The molecule has 7 heteroatoms. The quantitative estimate of drug-likeness (QED) is 0.894. The summed E-state index contributed by atoms with van der Waals surface area (Å²) in [6, 6.07) is 10.6. The van der Waals surface area contributed by atoms with Gasteiger partial charge in [-0.15, -0.1) is 0 Å².